The van der Waals surface area contributed by atoms with Crippen LogP contribution in [-0.2, 0) is 4.79 Å². The molecule has 1 rings (SSSR count). The van der Waals surface area contributed by atoms with E-state index in [4.69, 9.17) is 0 Å². The van der Waals surface area contributed by atoms with Gasteiger partial charge in [-0.3, -0.25) is 14.9 Å². The maximum absolute atomic E-state index is 10.7. The minimum absolute atomic E-state index is 0.0132. The molecule has 2 N–H and O–H groups in total. The molecule has 0 unspecified atom stereocenters. The number of unbranched alkanes of at least 4 members (excludes halogenated alkanes) is 2. The van der Waals surface area contributed by atoms with Crippen LogP contribution in [0.3, 0.4) is 0 Å². The summed E-state index contributed by atoms with van der Waals surface area (Å²) < 4.78 is 0. The minimum Gasteiger partial charge on any atom is -0.364 e. The minimum atomic E-state index is -0.452. The normalized spacial score (nSPS) is 9.95. The van der Waals surface area contributed by atoms with Crippen molar-refractivity contribution in [1.82, 2.24) is 10.3 Å². The fourth-order valence-electron chi connectivity index (χ4n) is 1.58. The number of anilines is 1. The van der Waals surface area contributed by atoms with Gasteiger partial charge in [-0.15, -0.1) is 0 Å². The molecule has 1 amide bonds. The smallest absolute Gasteiger partial charge is 0.311 e. The van der Waals surface area contributed by atoms with Crippen LogP contribution < -0.4 is 10.6 Å². The molecular formula is C12H18N4O3. The molecule has 0 bridgehead atoms. The Morgan fingerprint density at radius 1 is 1.37 bits per heavy atom. The van der Waals surface area contributed by atoms with E-state index in [0.29, 0.717) is 18.9 Å². The van der Waals surface area contributed by atoms with Crippen molar-refractivity contribution in [3.05, 3.63) is 28.4 Å². The molecule has 7 nitrogen and oxygen atoms in total. The second kappa shape index (κ2) is 8.02. The zero-order valence-electron chi connectivity index (χ0n) is 10.9. The third-order valence-electron chi connectivity index (χ3n) is 2.50. The number of carbonyl (C=O) groups is 1. The van der Waals surface area contributed by atoms with E-state index in [9.17, 15) is 14.9 Å². The van der Waals surface area contributed by atoms with E-state index >= 15 is 0 Å². The summed E-state index contributed by atoms with van der Waals surface area (Å²) in [6, 6.07) is 2.96. The maximum atomic E-state index is 10.7. The van der Waals surface area contributed by atoms with Crippen molar-refractivity contribution in [2.24, 2.45) is 0 Å². The summed E-state index contributed by atoms with van der Waals surface area (Å²) >= 11 is 0. The first-order valence-corrected chi connectivity index (χ1v) is 6.19. The Hall–Kier alpha value is -2.18. The van der Waals surface area contributed by atoms with Crippen LogP contribution in [0, 0.1) is 10.1 Å². The highest BCUT2D eigenvalue weighted by atomic mass is 16.6. The van der Waals surface area contributed by atoms with E-state index in [0.717, 1.165) is 19.3 Å². The Bertz CT molecular complexity index is 437. The van der Waals surface area contributed by atoms with Gasteiger partial charge in [0.2, 0.25) is 11.7 Å². The molecule has 0 aromatic carbocycles. The predicted octanol–water partition coefficient (Wildman–Crippen LogP) is 1.71. The first kappa shape index (κ1) is 14.9. The topological polar surface area (TPSA) is 97.2 Å². The summed E-state index contributed by atoms with van der Waals surface area (Å²) in [4.78, 5) is 24.9. The quantitative estimate of drug-likeness (QED) is 0.424. The maximum Gasteiger partial charge on any atom is 0.311 e. The van der Waals surface area contributed by atoms with Crippen molar-refractivity contribution in [1.29, 1.82) is 0 Å². The molecule has 0 atom stereocenters. The number of hydrogen-bond donors (Lipinski definition) is 2. The molecule has 104 valence electrons. The molecule has 0 aliphatic carbocycles. The summed E-state index contributed by atoms with van der Waals surface area (Å²) in [7, 11) is 0. The van der Waals surface area contributed by atoms with Crippen molar-refractivity contribution in [3.8, 4) is 0 Å². The first-order valence-electron chi connectivity index (χ1n) is 6.19. The SMILES string of the molecule is CC(=O)NCCCCCNc1ncccc1[N+](=O)[O-]. The number of pyridine rings is 1. The zero-order chi connectivity index (χ0) is 14.1. The van der Waals surface area contributed by atoms with E-state index in [1.165, 1.54) is 25.3 Å². The Balaban J connectivity index is 2.23. The monoisotopic (exact) mass is 266 g/mol. The molecular weight excluding hydrogens is 248 g/mol. The molecule has 19 heavy (non-hydrogen) atoms. The fraction of sp³-hybridized carbons (Fsp3) is 0.500. The molecule has 0 aliphatic heterocycles. The lowest BCUT2D eigenvalue weighted by molar-refractivity contribution is -0.384. The Morgan fingerprint density at radius 3 is 2.79 bits per heavy atom. The van der Waals surface area contributed by atoms with Crippen LogP contribution in [0.15, 0.2) is 18.3 Å². The fourth-order valence-corrected chi connectivity index (χ4v) is 1.58. The lowest BCUT2D eigenvalue weighted by Crippen LogP contribution is -2.20. The molecule has 0 saturated carbocycles. The summed E-state index contributed by atoms with van der Waals surface area (Å²) in [6.07, 6.45) is 4.22. The van der Waals surface area contributed by atoms with Gasteiger partial charge in [-0.05, 0) is 25.3 Å². The number of rotatable bonds is 8. The van der Waals surface area contributed by atoms with Crippen molar-refractivity contribution < 1.29 is 9.72 Å². The number of hydrogen-bond acceptors (Lipinski definition) is 5. The number of aromatic nitrogens is 1. The Morgan fingerprint density at radius 2 is 2.11 bits per heavy atom. The highest BCUT2D eigenvalue weighted by Gasteiger charge is 2.12. The number of amides is 1. The van der Waals surface area contributed by atoms with Gasteiger partial charge in [0.15, 0.2) is 0 Å². The van der Waals surface area contributed by atoms with Crippen LogP contribution in [0.5, 0.6) is 0 Å². The second-order valence-corrected chi connectivity index (χ2v) is 4.10. The zero-order valence-corrected chi connectivity index (χ0v) is 10.9. The van der Waals surface area contributed by atoms with Crippen LogP contribution in [0.25, 0.3) is 0 Å². The van der Waals surface area contributed by atoms with Crippen molar-refractivity contribution in [2.45, 2.75) is 26.2 Å². The number of nitrogens with one attached hydrogen (secondary N) is 2. The third kappa shape index (κ3) is 5.80. The molecule has 0 fully saturated rings. The third-order valence-corrected chi connectivity index (χ3v) is 2.50. The van der Waals surface area contributed by atoms with Gasteiger partial charge in [0.25, 0.3) is 0 Å². The van der Waals surface area contributed by atoms with Crippen LogP contribution >= 0.6 is 0 Å². The van der Waals surface area contributed by atoms with Gasteiger partial charge in [-0.1, -0.05) is 0 Å². The Kier molecular flexibility index (Phi) is 6.28. The van der Waals surface area contributed by atoms with Crippen molar-refractivity contribution in [2.75, 3.05) is 18.4 Å². The van der Waals surface area contributed by atoms with E-state index < -0.39 is 4.92 Å². The first-order chi connectivity index (χ1) is 9.11. The number of carbonyl (C=O) groups excluding carboxylic acids is 1. The summed E-state index contributed by atoms with van der Waals surface area (Å²) in [5, 5.41) is 16.4. The van der Waals surface area contributed by atoms with Gasteiger partial charge < -0.3 is 10.6 Å². The number of nitrogens with zero attached hydrogens (tertiary/aromatic N) is 2. The average molecular weight is 266 g/mol. The molecule has 0 spiro atoms. The molecule has 0 saturated heterocycles. The van der Waals surface area contributed by atoms with Crippen LogP contribution in [0.4, 0.5) is 11.5 Å². The highest BCUT2D eigenvalue weighted by Crippen LogP contribution is 2.19. The molecule has 0 aliphatic rings. The lowest BCUT2D eigenvalue weighted by atomic mass is 10.2. The van der Waals surface area contributed by atoms with Crippen LogP contribution in [-0.4, -0.2) is 28.9 Å². The lowest BCUT2D eigenvalue weighted by Gasteiger charge is -2.06. The highest BCUT2D eigenvalue weighted by molar-refractivity contribution is 5.72. The van der Waals surface area contributed by atoms with Gasteiger partial charge in [0.05, 0.1) is 4.92 Å². The summed E-state index contributed by atoms with van der Waals surface area (Å²) in [5.41, 5.74) is -0.0132. The van der Waals surface area contributed by atoms with Crippen LogP contribution in [0.2, 0.25) is 0 Å². The Labute approximate surface area is 111 Å². The summed E-state index contributed by atoms with van der Waals surface area (Å²) in [5.74, 6) is 0.275. The standard InChI is InChI=1S/C12H18N4O3/c1-10(17)13-7-3-2-4-8-14-12-11(16(18)19)6-5-9-15-12/h5-6,9H,2-4,7-8H2,1H3,(H,13,17)(H,14,15). The number of nitro groups is 1. The van der Waals surface area contributed by atoms with E-state index in [1.54, 1.807) is 0 Å². The van der Waals surface area contributed by atoms with Gasteiger partial charge >= 0.3 is 5.69 Å². The van der Waals surface area contributed by atoms with Gasteiger partial charge in [0.1, 0.15) is 0 Å². The van der Waals surface area contributed by atoms with Gasteiger partial charge in [0, 0.05) is 32.3 Å². The van der Waals surface area contributed by atoms with Gasteiger partial charge in [-0.25, -0.2) is 4.98 Å². The molecule has 7 heteroatoms. The van der Waals surface area contributed by atoms with E-state index in [2.05, 4.69) is 15.6 Å². The van der Waals surface area contributed by atoms with Crippen molar-refractivity contribution >= 4 is 17.4 Å². The van der Waals surface area contributed by atoms with E-state index in [1.807, 2.05) is 0 Å². The largest absolute Gasteiger partial charge is 0.364 e. The molecule has 1 aromatic heterocycles. The van der Waals surface area contributed by atoms with Crippen LogP contribution in [0.1, 0.15) is 26.2 Å². The second-order valence-electron chi connectivity index (χ2n) is 4.10. The van der Waals surface area contributed by atoms with Gasteiger partial charge in [-0.2, -0.15) is 0 Å². The predicted molar refractivity (Wildman–Crippen MR) is 71.9 cm³/mol. The average Bonchev–Trinajstić information content (AvgIpc) is 2.37. The molecule has 1 heterocycles. The summed E-state index contributed by atoms with van der Waals surface area (Å²) in [6.45, 7) is 2.78. The van der Waals surface area contributed by atoms with Crippen molar-refractivity contribution in [3.63, 3.8) is 0 Å². The molecule has 0 radical (unpaired) electrons. The van der Waals surface area contributed by atoms with E-state index in [-0.39, 0.29) is 11.6 Å². The molecule has 1 aromatic rings.